The summed E-state index contributed by atoms with van der Waals surface area (Å²) in [5.41, 5.74) is 0.742. The summed E-state index contributed by atoms with van der Waals surface area (Å²) in [7, 11) is -3.29. The Hall–Kier alpha value is -0.460. The van der Waals surface area contributed by atoms with Gasteiger partial charge in [0.1, 0.15) is 0 Å². The Kier molecular flexibility index (Phi) is 3.76. The first-order valence-corrected chi connectivity index (χ1v) is 7.70. The molecule has 1 rings (SSSR count). The lowest BCUT2D eigenvalue weighted by Gasteiger charge is -2.28. The van der Waals surface area contributed by atoms with Crippen LogP contribution < -0.4 is 0 Å². The van der Waals surface area contributed by atoms with E-state index in [4.69, 9.17) is 0 Å². The number of hydrogen-bond donors (Lipinski definition) is 1. The molecule has 1 N–H and O–H groups in total. The van der Waals surface area contributed by atoms with E-state index in [1.54, 1.807) is 0 Å². The van der Waals surface area contributed by atoms with Crippen LogP contribution in [0.1, 0.15) is 24.5 Å². The van der Waals surface area contributed by atoms with Crippen LogP contribution in [-0.2, 0) is 16.3 Å². The van der Waals surface area contributed by atoms with Gasteiger partial charge in [-0.2, -0.15) is 0 Å². The van der Waals surface area contributed by atoms with E-state index < -0.39 is 20.7 Å². The van der Waals surface area contributed by atoms with Crippen LogP contribution in [0, 0.1) is 6.92 Å². The van der Waals surface area contributed by atoms with Gasteiger partial charge in [0.25, 0.3) is 0 Å². The average molecular weight is 263 g/mol. The molecule has 1 heterocycles. The second-order valence-corrected chi connectivity index (χ2v) is 8.11. The van der Waals surface area contributed by atoms with Crippen LogP contribution in [-0.4, -0.2) is 35.6 Å². The molecule has 1 aromatic heterocycles. The normalized spacial score (nSPS) is 15.1. The molecule has 0 aliphatic carbocycles. The molecule has 0 saturated heterocycles. The average Bonchev–Trinajstić information content (AvgIpc) is 2.49. The van der Waals surface area contributed by atoms with Crippen molar-refractivity contribution in [2.45, 2.75) is 38.0 Å². The second kappa shape index (κ2) is 4.43. The van der Waals surface area contributed by atoms with E-state index in [1.165, 1.54) is 25.2 Å². The molecule has 0 radical (unpaired) electrons. The highest BCUT2D eigenvalue weighted by Crippen LogP contribution is 2.23. The molecule has 0 aliphatic heterocycles. The molecule has 0 saturated carbocycles. The van der Waals surface area contributed by atoms with Gasteiger partial charge in [0.15, 0.2) is 9.84 Å². The van der Waals surface area contributed by atoms with Crippen molar-refractivity contribution in [3.63, 3.8) is 0 Å². The Balaban J connectivity index is 2.84. The van der Waals surface area contributed by atoms with Crippen LogP contribution in [0.15, 0.2) is 5.38 Å². The molecule has 0 aromatic carbocycles. The van der Waals surface area contributed by atoms with Gasteiger partial charge in [-0.05, 0) is 20.8 Å². The quantitative estimate of drug-likeness (QED) is 0.885. The SMILES string of the molecule is Cc1nc(CC(O)C(C)(C)S(C)(=O)=O)cs1. The highest BCUT2D eigenvalue weighted by Gasteiger charge is 2.38. The molecule has 1 unspecified atom stereocenters. The van der Waals surface area contributed by atoms with Crippen LogP contribution in [0.5, 0.6) is 0 Å². The summed E-state index contributed by atoms with van der Waals surface area (Å²) in [6.07, 6.45) is 0.469. The number of sulfone groups is 1. The molecule has 92 valence electrons. The van der Waals surface area contributed by atoms with Crippen molar-refractivity contribution < 1.29 is 13.5 Å². The third-order valence-electron chi connectivity index (χ3n) is 2.83. The summed E-state index contributed by atoms with van der Waals surface area (Å²) in [5, 5.41) is 12.7. The van der Waals surface area contributed by atoms with Gasteiger partial charge in [-0.1, -0.05) is 0 Å². The van der Waals surface area contributed by atoms with Crippen molar-refractivity contribution in [3.05, 3.63) is 16.1 Å². The van der Waals surface area contributed by atoms with Gasteiger partial charge in [-0.3, -0.25) is 0 Å². The molecule has 0 fully saturated rings. The minimum atomic E-state index is -3.29. The van der Waals surface area contributed by atoms with Crippen molar-refractivity contribution in [3.8, 4) is 0 Å². The number of aliphatic hydroxyl groups excluding tert-OH is 1. The highest BCUT2D eigenvalue weighted by atomic mass is 32.2. The summed E-state index contributed by atoms with van der Waals surface area (Å²) < 4.78 is 21.9. The Morgan fingerprint density at radius 3 is 2.50 bits per heavy atom. The van der Waals surface area contributed by atoms with Crippen LogP contribution in [0.2, 0.25) is 0 Å². The Morgan fingerprint density at radius 1 is 1.56 bits per heavy atom. The fourth-order valence-electron chi connectivity index (χ4n) is 1.19. The standard InChI is InChI=1S/C10H17NO3S2/c1-7-11-8(6-15-7)5-9(12)10(2,3)16(4,13)14/h6,9,12H,5H2,1-4H3. The summed E-state index contributed by atoms with van der Waals surface area (Å²) in [5.74, 6) is 0. The zero-order valence-corrected chi connectivity index (χ0v) is 11.5. The highest BCUT2D eigenvalue weighted by molar-refractivity contribution is 7.92. The van der Waals surface area contributed by atoms with Crippen molar-refractivity contribution in [1.82, 2.24) is 4.98 Å². The predicted octanol–water partition coefficient (Wildman–Crippen LogP) is 1.18. The molecular formula is C10H17NO3S2. The minimum Gasteiger partial charge on any atom is -0.391 e. The number of aromatic nitrogens is 1. The zero-order chi connectivity index (χ0) is 12.6. The van der Waals surface area contributed by atoms with Crippen molar-refractivity contribution in [2.24, 2.45) is 0 Å². The van der Waals surface area contributed by atoms with E-state index >= 15 is 0 Å². The van der Waals surface area contributed by atoms with Gasteiger partial charge in [-0.15, -0.1) is 11.3 Å². The predicted molar refractivity (Wildman–Crippen MR) is 65.5 cm³/mol. The summed E-state index contributed by atoms with van der Waals surface area (Å²) in [6, 6.07) is 0. The Bertz CT molecular complexity index is 462. The first-order chi connectivity index (χ1) is 7.14. The van der Waals surface area contributed by atoms with Crippen LogP contribution in [0.25, 0.3) is 0 Å². The third-order valence-corrected chi connectivity index (χ3v) is 5.83. The van der Waals surface area contributed by atoms with E-state index in [0.29, 0.717) is 0 Å². The first-order valence-electron chi connectivity index (χ1n) is 4.93. The number of aliphatic hydroxyl groups is 1. The molecule has 6 heteroatoms. The second-order valence-electron chi connectivity index (χ2n) is 4.45. The molecule has 4 nitrogen and oxygen atoms in total. The number of nitrogens with zero attached hydrogens (tertiary/aromatic N) is 1. The van der Waals surface area contributed by atoms with Crippen molar-refractivity contribution in [2.75, 3.05) is 6.26 Å². The first kappa shape index (κ1) is 13.6. The van der Waals surface area contributed by atoms with Crippen LogP contribution >= 0.6 is 11.3 Å². The molecule has 16 heavy (non-hydrogen) atoms. The van der Waals surface area contributed by atoms with Crippen LogP contribution in [0.3, 0.4) is 0 Å². The number of hydrogen-bond acceptors (Lipinski definition) is 5. The van der Waals surface area contributed by atoms with Gasteiger partial charge in [0.2, 0.25) is 0 Å². The Morgan fingerprint density at radius 2 is 2.12 bits per heavy atom. The molecular weight excluding hydrogens is 246 g/mol. The van der Waals surface area contributed by atoms with Gasteiger partial charge in [0, 0.05) is 18.1 Å². The third kappa shape index (κ3) is 2.81. The number of thiazole rings is 1. The van der Waals surface area contributed by atoms with Gasteiger partial charge < -0.3 is 5.11 Å². The molecule has 1 atom stereocenters. The van der Waals surface area contributed by atoms with E-state index in [9.17, 15) is 13.5 Å². The van der Waals surface area contributed by atoms with Gasteiger partial charge in [-0.25, -0.2) is 13.4 Å². The molecule has 0 aliphatic rings. The van der Waals surface area contributed by atoms with Crippen LogP contribution in [0.4, 0.5) is 0 Å². The van der Waals surface area contributed by atoms with Crippen molar-refractivity contribution >= 4 is 21.2 Å². The number of rotatable bonds is 4. The molecule has 0 amide bonds. The lowest BCUT2D eigenvalue weighted by atomic mass is 10.0. The fourth-order valence-corrected chi connectivity index (χ4v) is 2.40. The zero-order valence-electron chi connectivity index (χ0n) is 9.89. The van der Waals surface area contributed by atoms with E-state index in [2.05, 4.69) is 4.98 Å². The minimum absolute atomic E-state index is 0.268. The van der Waals surface area contributed by atoms with Crippen molar-refractivity contribution in [1.29, 1.82) is 0 Å². The van der Waals surface area contributed by atoms with Gasteiger partial charge in [0.05, 0.1) is 21.6 Å². The maximum atomic E-state index is 11.5. The molecule has 1 aromatic rings. The maximum absolute atomic E-state index is 11.5. The molecule has 0 spiro atoms. The van der Waals surface area contributed by atoms with Gasteiger partial charge >= 0.3 is 0 Å². The lowest BCUT2D eigenvalue weighted by Crippen LogP contribution is -2.44. The monoisotopic (exact) mass is 263 g/mol. The largest absolute Gasteiger partial charge is 0.391 e. The van der Waals surface area contributed by atoms with E-state index in [-0.39, 0.29) is 6.42 Å². The topological polar surface area (TPSA) is 67.3 Å². The summed E-state index contributed by atoms with van der Waals surface area (Å²) in [6.45, 7) is 4.95. The summed E-state index contributed by atoms with van der Waals surface area (Å²) >= 11 is 1.49. The summed E-state index contributed by atoms with van der Waals surface area (Å²) in [4.78, 5) is 4.21. The lowest BCUT2D eigenvalue weighted by molar-refractivity contribution is 0.137. The smallest absolute Gasteiger partial charge is 0.155 e. The maximum Gasteiger partial charge on any atom is 0.155 e. The van der Waals surface area contributed by atoms with E-state index in [0.717, 1.165) is 17.0 Å². The van der Waals surface area contributed by atoms with E-state index in [1.807, 2.05) is 12.3 Å². The number of aryl methyl sites for hydroxylation is 1. The Labute approximate surface area is 100 Å². The molecule has 0 bridgehead atoms. The fraction of sp³-hybridized carbons (Fsp3) is 0.700.